The van der Waals surface area contributed by atoms with Crippen LogP contribution in [0.2, 0.25) is 0 Å². The Kier molecular flexibility index (Phi) is 58.0. The van der Waals surface area contributed by atoms with Gasteiger partial charge in [-0.25, -0.2) is 0 Å². The molecule has 0 rings (SSSR count). The van der Waals surface area contributed by atoms with Gasteiger partial charge >= 0.3 is 5.97 Å². The van der Waals surface area contributed by atoms with Crippen molar-refractivity contribution in [3.63, 3.8) is 0 Å². The Morgan fingerprint density at radius 2 is 0.681 bits per heavy atom. The number of allylic oxidation sites excluding steroid dienone is 2. The molecule has 410 valence electrons. The molecule has 6 nitrogen and oxygen atoms in total. The summed E-state index contributed by atoms with van der Waals surface area (Å²) in [7, 11) is 0. The van der Waals surface area contributed by atoms with E-state index in [0.29, 0.717) is 25.9 Å². The molecule has 3 N–H and O–H groups in total. The number of hydrogen-bond acceptors (Lipinski definition) is 5. The Morgan fingerprint density at radius 1 is 0.391 bits per heavy atom. The number of hydrogen-bond donors (Lipinski definition) is 3. The number of aliphatic hydroxyl groups excluding tert-OH is 2. The van der Waals surface area contributed by atoms with Crippen molar-refractivity contribution in [3.8, 4) is 0 Å². The molecule has 2 unspecified atom stereocenters. The lowest BCUT2D eigenvalue weighted by molar-refractivity contribution is -0.143. The summed E-state index contributed by atoms with van der Waals surface area (Å²) in [5.74, 6) is -0.0241. The van der Waals surface area contributed by atoms with E-state index in [1.807, 2.05) is 0 Å². The van der Waals surface area contributed by atoms with Gasteiger partial charge in [-0.2, -0.15) is 0 Å². The van der Waals surface area contributed by atoms with E-state index >= 15 is 0 Å². The van der Waals surface area contributed by atoms with E-state index < -0.39 is 12.1 Å². The molecule has 0 fully saturated rings. The number of amides is 1. The highest BCUT2D eigenvalue weighted by atomic mass is 16.5. The molecule has 0 aromatic heterocycles. The lowest BCUT2D eigenvalue weighted by atomic mass is 10.0. The number of unbranched alkanes of at least 4 members (excludes halogenated alkanes) is 46. The van der Waals surface area contributed by atoms with Crippen LogP contribution in [0.4, 0.5) is 0 Å². The molecule has 0 aliphatic rings. The van der Waals surface area contributed by atoms with E-state index in [-0.39, 0.29) is 18.5 Å². The van der Waals surface area contributed by atoms with Crippen molar-refractivity contribution < 1.29 is 24.5 Å². The van der Waals surface area contributed by atoms with Crippen molar-refractivity contribution in [2.75, 3.05) is 13.2 Å². The average molecular weight is 975 g/mol. The van der Waals surface area contributed by atoms with Crippen LogP contribution in [0, 0.1) is 0 Å². The van der Waals surface area contributed by atoms with Gasteiger partial charge < -0.3 is 20.3 Å². The van der Waals surface area contributed by atoms with Gasteiger partial charge in [-0.3, -0.25) is 9.59 Å². The van der Waals surface area contributed by atoms with Crippen LogP contribution in [-0.2, 0) is 14.3 Å². The standard InChI is InChI=1S/C63H123NO5/c1-3-5-7-9-11-13-15-17-31-35-39-43-47-51-55-61(66)60(59-65)64-62(67)56-52-48-44-40-36-32-29-27-25-23-21-19-20-22-24-26-28-30-34-38-42-46-50-54-58-69-63(68)57-53-49-45-41-37-33-18-16-14-12-10-8-6-4-2/h16,18,60-61,65-66H,3-15,17,19-59H2,1-2H3,(H,64,67)/b18-16-. The summed E-state index contributed by atoms with van der Waals surface area (Å²) in [5, 5.41) is 23.3. The maximum atomic E-state index is 12.5. The summed E-state index contributed by atoms with van der Waals surface area (Å²) in [6, 6.07) is -0.539. The van der Waals surface area contributed by atoms with E-state index in [4.69, 9.17) is 4.74 Å². The Morgan fingerprint density at radius 3 is 1.03 bits per heavy atom. The minimum absolute atomic E-state index is 0.00754. The first-order valence-electron chi connectivity index (χ1n) is 31.4. The van der Waals surface area contributed by atoms with Crippen LogP contribution in [0.5, 0.6) is 0 Å². The van der Waals surface area contributed by atoms with E-state index in [2.05, 4.69) is 31.3 Å². The molecule has 0 saturated carbocycles. The van der Waals surface area contributed by atoms with E-state index in [1.54, 1.807) is 0 Å². The molecular weight excluding hydrogens is 851 g/mol. The molecule has 0 bridgehead atoms. The second kappa shape index (κ2) is 59.2. The van der Waals surface area contributed by atoms with Crippen molar-refractivity contribution in [1.29, 1.82) is 0 Å². The maximum Gasteiger partial charge on any atom is 0.305 e. The molecule has 2 atom stereocenters. The zero-order valence-electron chi connectivity index (χ0n) is 46.8. The van der Waals surface area contributed by atoms with Crippen LogP contribution in [0.25, 0.3) is 0 Å². The molecule has 6 heteroatoms. The molecule has 1 amide bonds. The number of carbonyl (C=O) groups is 2. The second-order valence-electron chi connectivity index (χ2n) is 21.7. The fraction of sp³-hybridized carbons (Fsp3) is 0.937. The number of esters is 1. The third-order valence-corrected chi connectivity index (χ3v) is 14.8. The summed E-state index contributed by atoms with van der Waals surface area (Å²) < 4.78 is 5.48. The predicted octanol–water partition coefficient (Wildman–Crippen LogP) is 19.6. The minimum atomic E-state index is -0.662. The fourth-order valence-corrected chi connectivity index (χ4v) is 9.99. The monoisotopic (exact) mass is 974 g/mol. The molecule has 0 aliphatic heterocycles. The van der Waals surface area contributed by atoms with Crippen LogP contribution in [0.3, 0.4) is 0 Å². The zero-order chi connectivity index (χ0) is 50.0. The van der Waals surface area contributed by atoms with Gasteiger partial charge in [-0.1, -0.05) is 302 Å². The summed E-state index contributed by atoms with van der Waals surface area (Å²) in [4.78, 5) is 24.5. The topological polar surface area (TPSA) is 95.9 Å². The summed E-state index contributed by atoms with van der Waals surface area (Å²) in [6.45, 7) is 4.96. The van der Waals surface area contributed by atoms with Gasteiger partial charge in [0.05, 0.1) is 25.4 Å². The Hall–Kier alpha value is -1.40. The minimum Gasteiger partial charge on any atom is -0.466 e. The first kappa shape index (κ1) is 67.6. The van der Waals surface area contributed by atoms with Crippen molar-refractivity contribution in [2.45, 2.75) is 366 Å². The van der Waals surface area contributed by atoms with Gasteiger partial charge in [0.25, 0.3) is 0 Å². The normalized spacial score (nSPS) is 12.6. The first-order chi connectivity index (χ1) is 34.0. The highest BCUT2D eigenvalue weighted by molar-refractivity contribution is 5.76. The molecular formula is C63H123NO5. The number of aliphatic hydroxyl groups is 2. The number of ether oxygens (including phenoxy) is 1. The van der Waals surface area contributed by atoms with Crippen LogP contribution < -0.4 is 5.32 Å². The Labute approximate surface area is 431 Å². The summed E-state index contributed by atoms with van der Waals surface area (Å²) in [6.07, 6.45) is 70.8. The van der Waals surface area contributed by atoms with Crippen LogP contribution >= 0.6 is 0 Å². The highest BCUT2D eigenvalue weighted by Gasteiger charge is 2.20. The van der Waals surface area contributed by atoms with E-state index in [0.717, 1.165) is 44.9 Å². The third kappa shape index (κ3) is 55.8. The van der Waals surface area contributed by atoms with Crippen molar-refractivity contribution in [3.05, 3.63) is 12.2 Å². The number of rotatable bonds is 59. The third-order valence-electron chi connectivity index (χ3n) is 14.8. The molecule has 0 spiro atoms. The van der Waals surface area contributed by atoms with Gasteiger partial charge in [-0.05, 0) is 51.4 Å². The Balaban J connectivity index is 3.35. The fourth-order valence-electron chi connectivity index (χ4n) is 9.99. The largest absolute Gasteiger partial charge is 0.466 e. The van der Waals surface area contributed by atoms with Gasteiger partial charge in [0.15, 0.2) is 0 Å². The smallest absolute Gasteiger partial charge is 0.305 e. The summed E-state index contributed by atoms with van der Waals surface area (Å²) >= 11 is 0. The molecule has 0 aromatic carbocycles. The van der Waals surface area contributed by atoms with Gasteiger partial charge in [0.1, 0.15) is 0 Å². The number of carbonyl (C=O) groups excluding carboxylic acids is 2. The van der Waals surface area contributed by atoms with Crippen molar-refractivity contribution >= 4 is 11.9 Å². The maximum absolute atomic E-state index is 12.5. The molecule has 0 heterocycles. The molecule has 0 aliphatic carbocycles. The lowest BCUT2D eigenvalue weighted by Gasteiger charge is -2.22. The van der Waals surface area contributed by atoms with E-state index in [9.17, 15) is 19.8 Å². The molecule has 69 heavy (non-hydrogen) atoms. The average Bonchev–Trinajstić information content (AvgIpc) is 3.35. The van der Waals surface area contributed by atoms with Gasteiger partial charge in [0.2, 0.25) is 5.91 Å². The molecule has 0 aromatic rings. The predicted molar refractivity (Wildman–Crippen MR) is 301 cm³/mol. The van der Waals surface area contributed by atoms with Crippen LogP contribution in [0.1, 0.15) is 354 Å². The van der Waals surface area contributed by atoms with Crippen LogP contribution in [0.15, 0.2) is 12.2 Å². The first-order valence-corrected chi connectivity index (χ1v) is 31.4. The van der Waals surface area contributed by atoms with Gasteiger partial charge in [-0.15, -0.1) is 0 Å². The highest BCUT2D eigenvalue weighted by Crippen LogP contribution is 2.18. The number of nitrogens with one attached hydrogen (secondary N) is 1. The van der Waals surface area contributed by atoms with Crippen molar-refractivity contribution in [2.24, 2.45) is 0 Å². The molecule has 0 saturated heterocycles. The lowest BCUT2D eigenvalue weighted by Crippen LogP contribution is -2.45. The van der Waals surface area contributed by atoms with Gasteiger partial charge in [0, 0.05) is 12.8 Å². The SMILES string of the molecule is CCCCCCC/C=C\CCCCCCCC(=O)OCCCCCCCCCCCCCCCCCCCCCCCCCCC(=O)NC(CO)C(O)CCCCCCCCCCCCCCCC. The summed E-state index contributed by atoms with van der Waals surface area (Å²) in [5.41, 5.74) is 0. The zero-order valence-corrected chi connectivity index (χ0v) is 46.8. The Bertz CT molecular complexity index is 1030. The van der Waals surface area contributed by atoms with Crippen molar-refractivity contribution in [1.82, 2.24) is 5.32 Å². The van der Waals surface area contributed by atoms with E-state index in [1.165, 1.54) is 276 Å². The quantitative estimate of drug-likeness (QED) is 0.0321. The second-order valence-corrected chi connectivity index (χ2v) is 21.7. The van der Waals surface area contributed by atoms with Crippen LogP contribution in [-0.4, -0.2) is 47.4 Å². The molecule has 0 radical (unpaired) electrons.